The predicted molar refractivity (Wildman–Crippen MR) is 130 cm³/mol. The lowest BCUT2D eigenvalue weighted by Gasteiger charge is -2.49. The summed E-state index contributed by atoms with van der Waals surface area (Å²) in [5.41, 5.74) is 6.36. The van der Waals surface area contributed by atoms with Crippen molar-refractivity contribution in [3.8, 4) is 0 Å². The smallest absolute Gasteiger partial charge is 0.352 e. The summed E-state index contributed by atoms with van der Waals surface area (Å²) in [6.07, 6.45) is 8.13. The number of allylic oxidation sites excluding steroid dienone is 2. The van der Waals surface area contributed by atoms with Gasteiger partial charge in [-0.15, -0.1) is 23.1 Å². The predicted octanol–water partition coefficient (Wildman–Crippen LogP) is 0.748. The Morgan fingerprint density at radius 3 is 2.80 bits per heavy atom. The number of nitrogens with one attached hydrogen (secondary N) is 1. The Bertz CT molecular complexity index is 1230. The Hall–Kier alpha value is -3.71. The van der Waals surface area contributed by atoms with Gasteiger partial charge in [0.15, 0.2) is 29.8 Å². The minimum Gasteiger partial charge on any atom is -0.477 e. The molecule has 4 heterocycles. The Morgan fingerprint density at radius 2 is 2.14 bits per heavy atom. The lowest BCUT2D eigenvalue weighted by molar-refractivity contribution is -0.687. The summed E-state index contributed by atoms with van der Waals surface area (Å²) in [4.78, 5) is 47.8. The third kappa shape index (κ3) is 5.20. The maximum absolute atomic E-state index is 12.9. The van der Waals surface area contributed by atoms with Crippen LogP contribution in [0.1, 0.15) is 12.1 Å². The number of hydrogen-bond donors (Lipinski definition) is 3. The van der Waals surface area contributed by atoms with E-state index in [1.54, 1.807) is 5.38 Å². The van der Waals surface area contributed by atoms with Crippen LogP contribution in [0.15, 0.2) is 64.6 Å². The van der Waals surface area contributed by atoms with E-state index < -0.39 is 29.2 Å². The second-order valence-corrected chi connectivity index (χ2v) is 9.55. The summed E-state index contributed by atoms with van der Waals surface area (Å²) in [6.45, 7) is 0.652. The molecular formula is C22H23N6O5S2+. The Morgan fingerprint density at radius 1 is 1.37 bits per heavy atom. The van der Waals surface area contributed by atoms with E-state index in [0.717, 1.165) is 11.3 Å². The van der Waals surface area contributed by atoms with E-state index in [1.807, 2.05) is 47.3 Å². The fraction of sp³-hybridized carbons (Fsp3) is 0.273. The zero-order chi connectivity index (χ0) is 24.9. The molecule has 1 fully saturated rings. The highest BCUT2D eigenvalue weighted by Crippen LogP contribution is 2.41. The van der Waals surface area contributed by atoms with Gasteiger partial charge >= 0.3 is 5.97 Å². The summed E-state index contributed by atoms with van der Waals surface area (Å²) in [5, 5.41) is 17.5. The van der Waals surface area contributed by atoms with E-state index in [2.05, 4.69) is 15.5 Å². The number of hydrogen-bond acceptors (Lipinski definition) is 9. The van der Waals surface area contributed by atoms with Crippen molar-refractivity contribution in [2.45, 2.75) is 24.4 Å². The van der Waals surface area contributed by atoms with Crippen molar-refractivity contribution in [2.24, 2.45) is 5.16 Å². The quantitative estimate of drug-likeness (QED) is 0.146. The van der Waals surface area contributed by atoms with Crippen LogP contribution in [0.2, 0.25) is 0 Å². The number of carboxylic acids is 1. The molecule has 0 bridgehead atoms. The van der Waals surface area contributed by atoms with E-state index in [0.29, 0.717) is 24.3 Å². The molecule has 0 spiro atoms. The first-order chi connectivity index (χ1) is 16.9. The number of carbonyl (C=O) groups excluding carboxylic acids is 2. The molecule has 2 amide bonds. The number of carbonyl (C=O) groups is 3. The van der Waals surface area contributed by atoms with E-state index in [-0.39, 0.29) is 22.2 Å². The number of amides is 2. The van der Waals surface area contributed by atoms with Gasteiger partial charge in [0.1, 0.15) is 29.9 Å². The Kier molecular flexibility index (Phi) is 7.46. The van der Waals surface area contributed by atoms with Crippen LogP contribution in [0.3, 0.4) is 0 Å². The average Bonchev–Trinajstić information content (AvgIpc) is 3.29. The number of thiazole rings is 1. The van der Waals surface area contributed by atoms with Gasteiger partial charge in [0.05, 0.1) is 0 Å². The lowest BCUT2D eigenvalue weighted by Crippen LogP contribution is -2.71. The van der Waals surface area contributed by atoms with Crippen LogP contribution in [0.25, 0.3) is 0 Å². The van der Waals surface area contributed by atoms with Crippen molar-refractivity contribution in [3.63, 3.8) is 0 Å². The van der Waals surface area contributed by atoms with Crippen LogP contribution in [-0.2, 0) is 25.8 Å². The number of thioether (sulfide) groups is 1. The number of anilines is 1. The Labute approximate surface area is 209 Å². The van der Waals surface area contributed by atoms with Crippen molar-refractivity contribution in [2.75, 3.05) is 18.6 Å². The topological polar surface area (TPSA) is 151 Å². The fourth-order valence-electron chi connectivity index (χ4n) is 3.72. The number of nitrogens with two attached hydrogens (primary N) is 1. The molecule has 4 N–H and O–H groups in total. The number of oxime groups is 1. The molecule has 1 saturated heterocycles. The number of fused-ring (bicyclic) bond motifs is 1. The molecule has 2 aromatic rings. The van der Waals surface area contributed by atoms with E-state index in [4.69, 9.17) is 10.6 Å². The molecule has 2 aliphatic heterocycles. The fourth-order valence-corrected chi connectivity index (χ4v) is 5.63. The summed E-state index contributed by atoms with van der Waals surface area (Å²) >= 11 is 2.54. The molecular weight excluding hydrogens is 492 g/mol. The number of nitrogen functional groups attached to an aromatic ring is 1. The number of aromatic nitrogens is 2. The summed E-state index contributed by atoms with van der Waals surface area (Å²) in [6, 6.07) is 4.89. The summed E-state index contributed by atoms with van der Waals surface area (Å²) in [5.74, 6) is -1.91. The van der Waals surface area contributed by atoms with Gasteiger partial charge in [-0.2, -0.15) is 0 Å². The third-order valence-electron chi connectivity index (χ3n) is 5.32. The SMILES string of the molecule is CO/N=C(\C(=O)N[C@@H]1C(=O)N2C(C(=O)O)=C(C/C=C/C[n+]3ccccc3)CSC12)c1csc(N)n1. The number of rotatable bonds is 9. The zero-order valence-corrected chi connectivity index (χ0v) is 20.3. The van der Waals surface area contributed by atoms with Gasteiger partial charge in [0, 0.05) is 23.3 Å². The molecule has 13 heteroatoms. The summed E-state index contributed by atoms with van der Waals surface area (Å²) in [7, 11) is 1.29. The largest absolute Gasteiger partial charge is 0.477 e. The molecule has 1 unspecified atom stereocenters. The van der Waals surface area contributed by atoms with Gasteiger partial charge in [-0.05, 0) is 18.1 Å². The molecule has 0 aromatic carbocycles. The maximum atomic E-state index is 12.9. The van der Waals surface area contributed by atoms with Crippen molar-refractivity contribution in [1.82, 2.24) is 15.2 Å². The number of nitrogens with zero attached hydrogens (tertiary/aromatic N) is 4. The molecule has 182 valence electrons. The van der Waals surface area contributed by atoms with Crippen LogP contribution in [0, 0.1) is 0 Å². The van der Waals surface area contributed by atoms with Crippen molar-refractivity contribution < 1.29 is 28.9 Å². The second kappa shape index (κ2) is 10.7. The highest BCUT2D eigenvalue weighted by Gasteiger charge is 2.54. The minimum atomic E-state index is -1.17. The van der Waals surface area contributed by atoms with Gasteiger partial charge in [-0.25, -0.2) is 14.3 Å². The summed E-state index contributed by atoms with van der Waals surface area (Å²) < 4.78 is 1.99. The van der Waals surface area contributed by atoms with Gasteiger partial charge in [-0.1, -0.05) is 17.3 Å². The highest BCUT2D eigenvalue weighted by molar-refractivity contribution is 8.00. The monoisotopic (exact) mass is 515 g/mol. The number of β-lactam (4-membered cyclic amide) rings is 1. The molecule has 0 saturated carbocycles. The number of carboxylic acid groups (broad SMARTS) is 1. The molecule has 0 radical (unpaired) electrons. The van der Waals surface area contributed by atoms with Crippen molar-refractivity contribution >= 4 is 51.7 Å². The molecule has 4 rings (SSSR count). The molecule has 2 aromatic heterocycles. The zero-order valence-electron chi connectivity index (χ0n) is 18.7. The van der Waals surface area contributed by atoms with Gasteiger partial charge in [0.25, 0.3) is 11.8 Å². The minimum absolute atomic E-state index is 0.0284. The van der Waals surface area contributed by atoms with E-state index >= 15 is 0 Å². The van der Waals surface area contributed by atoms with Gasteiger partial charge in [-0.3, -0.25) is 14.5 Å². The van der Waals surface area contributed by atoms with Crippen LogP contribution < -0.4 is 15.6 Å². The molecule has 0 aliphatic carbocycles. The first-order valence-corrected chi connectivity index (χ1v) is 12.5. The van der Waals surface area contributed by atoms with Crippen LogP contribution >= 0.6 is 23.1 Å². The highest BCUT2D eigenvalue weighted by atomic mass is 32.2. The molecule has 11 nitrogen and oxygen atoms in total. The van der Waals surface area contributed by atoms with Crippen molar-refractivity contribution in [3.05, 3.63) is 65.1 Å². The van der Waals surface area contributed by atoms with Gasteiger partial charge in [0.2, 0.25) is 0 Å². The third-order valence-corrected chi connectivity index (χ3v) is 7.34. The van der Waals surface area contributed by atoms with Crippen LogP contribution in [-0.4, -0.2) is 62.8 Å². The van der Waals surface area contributed by atoms with E-state index in [1.165, 1.54) is 23.8 Å². The number of pyridine rings is 1. The molecule has 2 atom stereocenters. The van der Waals surface area contributed by atoms with E-state index in [9.17, 15) is 19.5 Å². The van der Waals surface area contributed by atoms with Crippen LogP contribution in [0.4, 0.5) is 5.13 Å². The van der Waals surface area contributed by atoms with Gasteiger partial charge < -0.3 is 21.0 Å². The Balaban J connectivity index is 1.44. The second-order valence-electron chi connectivity index (χ2n) is 7.56. The molecule has 2 aliphatic rings. The normalized spacial score (nSPS) is 20.0. The first kappa shape index (κ1) is 24.4. The number of aliphatic carboxylic acids is 1. The first-order valence-electron chi connectivity index (χ1n) is 10.5. The maximum Gasteiger partial charge on any atom is 0.352 e. The lowest BCUT2D eigenvalue weighted by atomic mass is 10.0. The van der Waals surface area contributed by atoms with Crippen molar-refractivity contribution in [1.29, 1.82) is 0 Å². The standard InChI is InChI=1S/C22H22N6O5S2/c1-33-26-15(14-12-35-22(23)24-14)18(29)25-16-19(30)28-17(21(31)32)13(11-34-20(16)28)7-3-6-10-27-8-4-2-5-9-27/h2-6,8-9,12,16,20H,7,10-11H2,1H3,(H3-,23,24,25,29,31,32)/p+1/b6-3+,26-15-/t16-,20?/m1/s1. The molecule has 35 heavy (non-hydrogen) atoms. The van der Waals surface area contributed by atoms with Crippen LogP contribution in [0.5, 0.6) is 0 Å². The average molecular weight is 516 g/mol.